The van der Waals surface area contributed by atoms with Crippen LogP contribution in [0, 0.1) is 12.3 Å². The molecule has 1 fully saturated rings. The molecule has 0 saturated carbocycles. The van der Waals surface area contributed by atoms with Gasteiger partial charge in [-0.05, 0) is 18.8 Å². The molecule has 1 saturated heterocycles. The SMILES string of the molecule is Cc1c(C(=O)NCCC[NH+]2CCOCC2)oc2c1/C(=N/O)CC(C)(C)C2. The lowest BCUT2D eigenvalue weighted by atomic mass is 9.75. The Hall–Kier alpha value is -1.86. The summed E-state index contributed by atoms with van der Waals surface area (Å²) in [6.45, 7) is 11.5. The number of hydrogen-bond acceptors (Lipinski definition) is 5. The van der Waals surface area contributed by atoms with Crippen molar-refractivity contribution in [1.29, 1.82) is 0 Å². The number of amides is 1. The van der Waals surface area contributed by atoms with Crippen molar-refractivity contribution in [2.45, 2.75) is 40.0 Å². The highest BCUT2D eigenvalue weighted by Crippen LogP contribution is 2.38. The van der Waals surface area contributed by atoms with E-state index in [0.717, 1.165) is 62.6 Å². The van der Waals surface area contributed by atoms with Crippen molar-refractivity contribution >= 4 is 11.6 Å². The highest BCUT2D eigenvalue weighted by molar-refractivity contribution is 6.06. The van der Waals surface area contributed by atoms with Crippen LogP contribution in [0.5, 0.6) is 0 Å². The van der Waals surface area contributed by atoms with Crippen molar-refractivity contribution in [1.82, 2.24) is 5.32 Å². The monoisotopic (exact) mass is 364 g/mol. The number of rotatable bonds is 5. The van der Waals surface area contributed by atoms with Crippen molar-refractivity contribution in [3.63, 3.8) is 0 Å². The number of nitrogens with zero attached hydrogens (tertiary/aromatic N) is 1. The molecule has 1 amide bonds. The molecule has 1 aliphatic heterocycles. The minimum atomic E-state index is -0.191. The first-order valence-electron chi connectivity index (χ1n) is 9.44. The van der Waals surface area contributed by atoms with Gasteiger partial charge in [-0.2, -0.15) is 0 Å². The van der Waals surface area contributed by atoms with Crippen molar-refractivity contribution in [3.05, 3.63) is 22.6 Å². The largest absolute Gasteiger partial charge is 0.455 e. The number of hydrogen-bond donors (Lipinski definition) is 3. The summed E-state index contributed by atoms with van der Waals surface area (Å²) in [4.78, 5) is 14.1. The predicted octanol–water partition coefficient (Wildman–Crippen LogP) is 0.774. The Morgan fingerprint density at radius 1 is 1.31 bits per heavy atom. The van der Waals surface area contributed by atoms with Gasteiger partial charge in [-0.1, -0.05) is 19.0 Å². The molecule has 3 rings (SSSR count). The van der Waals surface area contributed by atoms with Gasteiger partial charge in [0.25, 0.3) is 5.91 Å². The van der Waals surface area contributed by atoms with E-state index in [1.807, 2.05) is 6.92 Å². The van der Waals surface area contributed by atoms with Crippen LogP contribution in [0.2, 0.25) is 0 Å². The number of oxime groups is 1. The quantitative estimate of drug-likeness (QED) is 0.409. The number of morpholine rings is 1. The molecule has 7 heteroatoms. The van der Waals surface area contributed by atoms with E-state index in [4.69, 9.17) is 9.15 Å². The molecule has 2 heterocycles. The Labute approximate surface area is 154 Å². The van der Waals surface area contributed by atoms with E-state index >= 15 is 0 Å². The predicted molar refractivity (Wildman–Crippen MR) is 97.2 cm³/mol. The molecule has 0 aromatic carbocycles. The smallest absolute Gasteiger partial charge is 0.287 e. The van der Waals surface area contributed by atoms with Crippen LogP contribution >= 0.6 is 0 Å². The molecule has 3 N–H and O–H groups in total. The van der Waals surface area contributed by atoms with Gasteiger partial charge in [0.1, 0.15) is 18.8 Å². The summed E-state index contributed by atoms with van der Waals surface area (Å²) in [7, 11) is 0. The van der Waals surface area contributed by atoms with E-state index in [0.29, 0.717) is 24.4 Å². The van der Waals surface area contributed by atoms with Gasteiger partial charge in [0.2, 0.25) is 0 Å². The number of carbonyl (C=O) groups excluding carboxylic acids is 1. The van der Waals surface area contributed by atoms with Crippen LogP contribution in [-0.2, 0) is 11.2 Å². The standard InChI is InChI=1S/C19H29N3O4/c1-13-16-14(21-24)11-19(2,3)12-15(16)26-17(13)18(23)20-5-4-6-22-7-9-25-10-8-22/h24H,4-12H2,1-3H3,(H,20,23)/p+1/b21-14+. The maximum absolute atomic E-state index is 12.6. The van der Waals surface area contributed by atoms with Crippen molar-refractivity contribution in [2.75, 3.05) is 39.4 Å². The zero-order valence-corrected chi connectivity index (χ0v) is 16.0. The van der Waals surface area contributed by atoms with Crippen LogP contribution in [0.15, 0.2) is 9.57 Å². The first kappa shape index (κ1) is 18.9. The first-order chi connectivity index (χ1) is 12.4. The van der Waals surface area contributed by atoms with E-state index in [1.54, 1.807) is 0 Å². The lowest BCUT2D eigenvalue weighted by Gasteiger charge is -2.28. The zero-order chi connectivity index (χ0) is 18.7. The third kappa shape index (κ3) is 4.10. The second-order valence-electron chi connectivity index (χ2n) is 8.14. The second-order valence-corrected chi connectivity index (χ2v) is 8.14. The Balaban J connectivity index is 1.61. The molecule has 1 aromatic heterocycles. The lowest BCUT2D eigenvalue weighted by molar-refractivity contribution is -0.908. The van der Waals surface area contributed by atoms with Crippen LogP contribution in [0.4, 0.5) is 0 Å². The molecular formula is C19H30N3O4+. The molecule has 0 unspecified atom stereocenters. The molecule has 26 heavy (non-hydrogen) atoms. The number of carbonyl (C=O) groups is 1. The fraction of sp³-hybridized carbons (Fsp3) is 0.684. The first-order valence-corrected chi connectivity index (χ1v) is 9.44. The van der Waals surface area contributed by atoms with Crippen LogP contribution in [-0.4, -0.2) is 56.2 Å². The van der Waals surface area contributed by atoms with Crippen LogP contribution in [0.3, 0.4) is 0 Å². The topological polar surface area (TPSA) is 88.5 Å². The van der Waals surface area contributed by atoms with E-state index in [9.17, 15) is 10.0 Å². The number of ether oxygens (including phenoxy) is 1. The number of quaternary nitrogens is 1. The summed E-state index contributed by atoms with van der Waals surface area (Å²) in [6, 6.07) is 0. The molecule has 0 atom stereocenters. The normalized spacial score (nSPS) is 21.6. The van der Waals surface area contributed by atoms with E-state index < -0.39 is 0 Å². The highest BCUT2D eigenvalue weighted by Gasteiger charge is 2.36. The summed E-state index contributed by atoms with van der Waals surface area (Å²) in [5, 5.41) is 15.8. The zero-order valence-electron chi connectivity index (χ0n) is 16.0. The molecule has 2 aliphatic rings. The van der Waals surface area contributed by atoms with Gasteiger partial charge in [0.15, 0.2) is 5.76 Å². The lowest BCUT2D eigenvalue weighted by Crippen LogP contribution is -3.14. The molecule has 144 valence electrons. The molecule has 0 spiro atoms. The maximum Gasteiger partial charge on any atom is 0.287 e. The van der Waals surface area contributed by atoms with Crippen LogP contribution in [0.1, 0.15) is 54.1 Å². The van der Waals surface area contributed by atoms with Crippen molar-refractivity contribution < 1.29 is 24.1 Å². The molecule has 7 nitrogen and oxygen atoms in total. The average molecular weight is 364 g/mol. The molecule has 0 radical (unpaired) electrons. The number of nitrogens with one attached hydrogen (secondary N) is 2. The number of fused-ring (bicyclic) bond motifs is 1. The summed E-state index contributed by atoms with van der Waals surface area (Å²) in [5.41, 5.74) is 2.12. The molecular weight excluding hydrogens is 334 g/mol. The second kappa shape index (κ2) is 7.80. The number of furan rings is 1. The van der Waals surface area contributed by atoms with E-state index in [1.165, 1.54) is 4.90 Å². The minimum Gasteiger partial charge on any atom is -0.455 e. The van der Waals surface area contributed by atoms with Gasteiger partial charge in [-0.15, -0.1) is 0 Å². The molecule has 0 bridgehead atoms. The summed E-state index contributed by atoms with van der Waals surface area (Å²) >= 11 is 0. The summed E-state index contributed by atoms with van der Waals surface area (Å²) < 4.78 is 11.2. The van der Waals surface area contributed by atoms with Gasteiger partial charge >= 0.3 is 0 Å². The minimum absolute atomic E-state index is 0.0481. The third-order valence-electron chi connectivity index (χ3n) is 5.31. The summed E-state index contributed by atoms with van der Waals surface area (Å²) in [5.74, 6) is 0.894. The Morgan fingerprint density at radius 2 is 2.04 bits per heavy atom. The molecule has 1 aromatic rings. The van der Waals surface area contributed by atoms with E-state index in [-0.39, 0.29) is 11.3 Å². The Kier molecular flexibility index (Phi) is 5.67. The van der Waals surface area contributed by atoms with Gasteiger partial charge in [-0.25, -0.2) is 0 Å². The van der Waals surface area contributed by atoms with Gasteiger partial charge < -0.3 is 24.6 Å². The summed E-state index contributed by atoms with van der Waals surface area (Å²) in [6.07, 6.45) is 2.33. The van der Waals surface area contributed by atoms with Crippen LogP contribution < -0.4 is 10.2 Å². The maximum atomic E-state index is 12.6. The van der Waals surface area contributed by atoms with Gasteiger partial charge in [0, 0.05) is 30.5 Å². The van der Waals surface area contributed by atoms with E-state index in [2.05, 4.69) is 24.3 Å². The molecule has 1 aliphatic carbocycles. The third-order valence-corrected chi connectivity index (χ3v) is 5.31. The van der Waals surface area contributed by atoms with Crippen LogP contribution in [0.25, 0.3) is 0 Å². The Morgan fingerprint density at radius 3 is 2.73 bits per heavy atom. The highest BCUT2D eigenvalue weighted by atomic mass is 16.5. The fourth-order valence-electron chi connectivity index (χ4n) is 3.95. The van der Waals surface area contributed by atoms with Crippen molar-refractivity contribution in [3.8, 4) is 0 Å². The fourth-order valence-corrected chi connectivity index (χ4v) is 3.95. The Bertz CT molecular complexity index is 687. The van der Waals surface area contributed by atoms with Gasteiger partial charge in [0.05, 0.1) is 25.5 Å². The van der Waals surface area contributed by atoms with Crippen molar-refractivity contribution in [2.24, 2.45) is 10.6 Å². The average Bonchev–Trinajstić information content (AvgIpc) is 2.94. The van der Waals surface area contributed by atoms with Gasteiger partial charge in [-0.3, -0.25) is 4.79 Å².